The molecule has 1 aromatic carbocycles. The number of nitrogens with zero attached hydrogens (tertiary/aromatic N) is 3. The predicted molar refractivity (Wildman–Crippen MR) is 87.5 cm³/mol. The van der Waals surface area contributed by atoms with Crippen molar-refractivity contribution in [3.8, 4) is 0 Å². The first-order valence-electron chi connectivity index (χ1n) is 6.32. The maximum absolute atomic E-state index is 6.19. The van der Waals surface area contributed by atoms with Gasteiger partial charge in [0, 0.05) is 25.2 Å². The highest BCUT2D eigenvalue weighted by Crippen LogP contribution is 2.30. The first-order valence-corrected chi connectivity index (χ1v) is 7.49. The molecule has 0 amide bonds. The van der Waals surface area contributed by atoms with Crippen molar-refractivity contribution < 1.29 is 0 Å². The Balaban J connectivity index is 2.23. The zero-order chi connectivity index (χ0) is 14.5. The second-order valence-corrected chi connectivity index (χ2v) is 5.54. The van der Waals surface area contributed by atoms with Crippen molar-refractivity contribution in [1.82, 2.24) is 9.97 Å². The molecule has 0 aliphatic carbocycles. The maximum atomic E-state index is 6.19. The van der Waals surface area contributed by atoms with E-state index in [1.165, 1.54) is 0 Å². The summed E-state index contributed by atoms with van der Waals surface area (Å²) in [5, 5.41) is 3.96. The summed E-state index contributed by atoms with van der Waals surface area (Å²) >= 11 is 9.75. The minimum absolute atomic E-state index is 0.681. The summed E-state index contributed by atoms with van der Waals surface area (Å²) in [5.74, 6) is 1.62. The lowest BCUT2D eigenvalue weighted by Gasteiger charge is -2.21. The van der Waals surface area contributed by atoms with Crippen molar-refractivity contribution in [3.05, 3.63) is 45.7 Å². The lowest BCUT2D eigenvalue weighted by molar-refractivity contribution is 0.886. The molecule has 0 aliphatic rings. The number of benzene rings is 1. The molecule has 20 heavy (non-hydrogen) atoms. The van der Waals surface area contributed by atoms with Crippen molar-refractivity contribution in [2.45, 2.75) is 13.5 Å². The predicted octanol–water partition coefficient (Wildman–Crippen LogP) is 3.96. The Kier molecular flexibility index (Phi) is 5.20. The van der Waals surface area contributed by atoms with Crippen LogP contribution < -0.4 is 10.2 Å². The molecule has 0 saturated carbocycles. The summed E-state index contributed by atoms with van der Waals surface area (Å²) in [6.45, 7) is 3.52. The average Bonchev–Trinajstić information content (AvgIpc) is 2.44. The van der Waals surface area contributed by atoms with E-state index in [1.807, 2.05) is 43.1 Å². The number of hydrogen-bond acceptors (Lipinski definition) is 4. The highest BCUT2D eigenvalue weighted by Gasteiger charge is 2.13. The Morgan fingerprint density at radius 1 is 1.30 bits per heavy atom. The van der Waals surface area contributed by atoms with E-state index in [0.717, 1.165) is 33.2 Å². The van der Waals surface area contributed by atoms with Gasteiger partial charge in [-0.3, -0.25) is 0 Å². The summed E-state index contributed by atoms with van der Waals surface area (Å²) in [6.07, 6.45) is 1.56. The Bertz CT molecular complexity index is 591. The van der Waals surface area contributed by atoms with E-state index in [1.54, 1.807) is 6.33 Å². The van der Waals surface area contributed by atoms with Crippen molar-refractivity contribution in [2.24, 2.45) is 0 Å². The molecule has 1 heterocycles. The van der Waals surface area contributed by atoms with Gasteiger partial charge in [-0.1, -0.05) is 29.8 Å². The summed E-state index contributed by atoms with van der Waals surface area (Å²) < 4.78 is 0.858. The lowest BCUT2D eigenvalue weighted by atomic mass is 10.2. The summed E-state index contributed by atoms with van der Waals surface area (Å²) in [7, 11) is 1.98. The van der Waals surface area contributed by atoms with Crippen molar-refractivity contribution >= 4 is 39.2 Å². The molecule has 4 nitrogen and oxygen atoms in total. The number of nitrogens with one attached hydrogen (secondary N) is 1. The largest absolute Gasteiger partial charge is 0.369 e. The minimum Gasteiger partial charge on any atom is -0.369 e. The zero-order valence-electron chi connectivity index (χ0n) is 11.4. The third-order valence-corrected chi connectivity index (χ3v) is 3.94. The molecular formula is C14H16BrClN4. The van der Waals surface area contributed by atoms with Gasteiger partial charge in [0.25, 0.3) is 0 Å². The van der Waals surface area contributed by atoms with Crippen molar-refractivity contribution in [1.29, 1.82) is 0 Å². The van der Waals surface area contributed by atoms with Gasteiger partial charge in [-0.2, -0.15) is 0 Å². The third kappa shape index (κ3) is 3.41. The quantitative estimate of drug-likeness (QED) is 0.881. The van der Waals surface area contributed by atoms with Crippen LogP contribution in [-0.2, 0) is 6.54 Å². The standard InChI is InChI=1S/C14H16BrClN4/c1-3-17-13-12(15)14(19-9-18-13)20(2)8-10-6-4-5-7-11(10)16/h4-7,9H,3,8H2,1-2H3,(H,17,18,19). The molecule has 0 radical (unpaired) electrons. The van der Waals surface area contributed by atoms with E-state index in [0.29, 0.717) is 6.54 Å². The summed E-state index contributed by atoms with van der Waals surface area (Å²) in [4.78, 5) is 10.6. The molecule has 2 aromatic rings. The van der Waals surface area contributed by atoms with E-state index in [2.05, 4.69) is 31.2 Å². The molecular weight excluding hydrogens is 340 g/mol. The molecule has 1 aromatic heterocycles. The fourth-order valence-corrected chi connectivity index (χ4v) is 2.72. The first kappa shape index (κ1) is 15.1. The van der Waals surface area contributed by atoms with E-state index in [9.17, 15) is 0 Å². The number of halogens is 2. The molecule has 2 rings (SSSR count). The Morgan fingerprint density at radius 2 is 2.05 bits per heavy atom. The molecule has 6 heteroatoms. The first-order chi connectivity index (χ1) is 9.63. The van der Waals surface area contributed by atoms with Crippen molar-refractivity contribution in [2.75, 3.05) is 23.8 Å². The average molecular weight is 356 g/mol. The van der Waals surface area contributed by atoms with Crippen LogP contribution in [0.4, 0.5) is 11.6 Å². The molecule has 0 spiro atoms. The van der Waals surface area contributed by atoms with Crippen LogP contribution in [0.1, 0.15) is 12.5 Å². The molecule has 0 atom stereocenters. The molecule has 0 fully saturated rings. The fraction of sp³-hybridized carbons (Fsp3) is 0.286. The van der Waals surface area contributed by atoms with Gasteiger partial charge in [-0.25, -0.2) is 9.97 Å². The Morgan fingerprint density at radius 3 is 2.75 bits per heavy atom. The highest BCUT2D eigenvalue weighted by molar-refractivity contribution is 9.10. The third-order valence-electron chi connectivity index (χ3n) is 2.84. The molecule has 1 N–H and O–H groups in total. The zero-order valence-corrected chi connectivity index (χ0v) is 13.7. The maximum Gasteiger partial charge on any atom is 0.148 e. The normalized spacial score (nSPS) is 10.4. The van der Waals surface area contributed by atoms with Crippen LogP contribution in [-0.4, -0.2) is 23.6 Å². The van der Waals surface area contributed by atoms with Gasteiger partial charge in [0.15, 0.2) is 0 Å². The van der Waals surface area contributed by atoms with Gasteiger partial charge in [-0.15, -0.1) is 0 Å². The molecule has 0 saturated heterocycles. The van der Waals surface area contributed by atoms with E-state index < -0.39 is 0 Å². The Hall–Kier alpha value is -1.33. The molecule has 106 valence electrons. The lowest BCUT2D eigenvalue weighted by Crippen LogP contribution is -2.19. The monoisotopic (exact) mass is 354 g/mol. The number of aromatic nitrogens is 2. The van der Waals surface area contributed by atoms with E-state index >= 15 is 0 Å². The van der Waals surface area contributed by atoms with Gasteiger partial charge >= 0.3 is 0 Å². The SMILES string of the molecule is CCNc1ncnc(N(C)Cc2ccccc2Cl)c1Br. The minimum atomic E-state index is 0.681. The highest BCUT2D eigenvalue weighted by atomic mass is 79.9. The van der Waals surface area contributed by atoms with Gasteiger partial charge in [0.2, 0.25) is 0 Å². The second-order valence-electron chi connectivity index (χ2n) is 4.34. The van der Waals surface area contributed by atoms with E-state index in [-0.39, 0.29) is 0 Å². The van der Waals surface area contributed by atoms with Gasteiger partial charge in [0.05, 0.1) is 0 Å². The van der Waals surface area contributed by atoms with E-state index in [4.69, 9.17) is 11.6 Å². The topological polar surface area (TPSA) is 41.1 Å². The van der Waals surface area contributed by atoms with Crippen LogP contribution in [0.5, 0.6) is 0 Å². The fourth-order valence-electron chi connectivity index (χ4n) is 1.87. The van der Waals surface area contributed by atoms with Crippen LogP contribution in [0.3, 0.4) is 0 Å². The van der Waals surface area contributed by atoms with Gasteiger partial charge < -0.3 is 10.2 Å². The molecule has 0 unspecified atom stereocenters. The number of rotatable bonds is 5. The molecule has 0 bridgehead atoms. The van der Waals surface area contributed by atoms with Crippen LogP contribution >= 0.6 is 27.5 Å². The van der Waals surface area contributed by atoms with Crippen LogP contribution in [0.25, 0.3) is 0 Å². The van der Waals surface area contributed by atoms with Gasteiger partial charge in [0.1, 0.15) is 22.4 Å². The summed E-state index contributed by atoms with van der Waals surface area (Å²) in [5.41, 5.74) is 1.06. The number of hydrogen-bond donors (Lipinski definition) is 1. The van der Waals surface area contributed by atoms with Crippen LogP contribution in [0.15, 0.2) is 35.1 Å². The smallest absolute Gasteiger partial charge is 0.148 e. The number of anilines is 2. The summed E-state index contributed by atoms with van der Waals surface area (Å²) in [6, 6.07) is 7.81. The van der Waals surface area contributed by atoms with Gasteiger partial charge in [-0.05, 0) is 34.5 Å². The molecule has 0 aliphatic heterocycles. The van der Waals surface area contributed by atoms with Crippen LogP contribution in [0, 0.1) is 0 Å². The van der Waals surface area contributed by atoms with Crippen LogP contribution in [0.2, 0.25) is 5.02 Å². The Labute approximate surface area is 132 Å². The second kappa shape index (κ2) is 6.90. The van der Waals surface area contributed by atoms with Crippen molar-refractivity contribution in [3.63, 3.8) is 0 Å².